The lowest BCUT2D eigenvalue weighted by Crippen LogP contribution is -2.34. The topological polar surface area (TPSA) is 50.4 Å². The highest BCUT2D eigenvalue weighted by Crippen LogP contribution is 2.09. The van der Waals surface area contributed by atoms with Gasteiger partial charge in [0.1, 0.15) is 0 Å². The van der Waals surface area contributed by atoms with Crippen LogP contribution in [0.3, 0.4) is 0 Å². The van der Waals surface area contributed by atoms with Gasteiger partial charge >= 0.3 is 0 Å². The minimum atomic E-state index is 0.0818. The average Bonchev–Trinajstić information content (AvgIpc) is 2.30. The standard InChI is InChI=1S/C12H24N2O2/c1-2-13-12(15)7-10-16-9-6-11-5-3-4-8-14-11/h11,14H,2-10H2,1H3,(H,13,15). The van der Waals surface area contributed by atoms with Crippen LogP contribution in [-0.2, 0) is 9.53 Å². The average molecular weight is 228 g/mol. The summed E-state index contributed by atoms with van der Waals surface area (Å²) < 4.78 is 5.45. The van der Waals surface area contributed by atoms with Crippen LogP contribution in [0.5, 0.6) is 0 Å². The summed E-state index contributed by atoms with van der Waals surface area (Å²) in [6, 6.07) is 0.623. The largest absolute Gasteiger partial charge is 0.381 e. The molecular weight excluding hydrogens is 204 g/mol. The Balaban J connectivity index is 1.89. The third kappa shape index (κ3) is 6.08. The van der Waals surface area contributed by atoms with E-state index < -0.39 is 0 Å². The third-order valence-electron chi connectivity index (χ3n) is 2.87. The zero-order chi connectivity index (χ0) is 11.6. The van der Waals surface area contributed by atoms with Gasteiger partial charge in [0.15, 0.2) is 0 Å². The Morgan fingerprint density at radius 2 is 2.31 bits per heavy atom. The lowest BCUT2D eigenvalue weighted by Gasteiger charge is -2.23. The molecule has 0 saturated carbocycles. The maximum atomic E-state index is 11.1. The molecule has 1 aliphatic heterocycles. The highest BCUT2D eigenvalue weighted by molar-refractivity contribution is 5.75. The molecular formula is C12H24N2O2. The van der Waals surface area contributed by atoms with Gasteiger partial charge in [-0.05, 0) is 32.7 Å². The van der Waals surface area contributed by atoms with Crippen LogP contribution < -0.4 is 10.6 Å². The molecule has 1 saturated heterocycles. The van der Waals surface area contributed by atoms with Crippen molar-refractivity contribution < 1.29 is 9.53 Å². The Morgan fingerprint density at radius 1 is 1.44 bits per heavy atom. The van der Waals surface area contributed by atoms with Gasteiger partial charge in [0.2, 0.25) is 5.91 Å². The second-order valence-electron chi connectivity index (χ2n) is 4.25. The van der Waals surface area contributed by atoms with Crippen LogP contribution >= 0.6 is 0 Å². The number of carbonyl (C=O) groups is 1. The summed E-state index contributed by atoms with van der Waals surface area (Å²) in [5.41, 5.74) is 0. The van der Waals surface area contributed by atoms with Gasteiger partial charge < -0.3 is 15.4 Å². The molecule has 1 rings (SSSR count). The Hall–Kier alpha value is -0.610. The number of ether oxygens (including phenoxy) is 1. The number of amides is 1. The molecule has 1 unspecified atom stereocenters. The first-order chi connectivity index (χ1) is 7.83. The molecule has 0 aromatic rings. The van der Waals surface area contributed by atoms with E-state index in [-0.39, 0.29) is 5.91 Å². The van der Waals surface area contributed by atoms with Crippen molar-refractivity contribution in [2.24, 2.45) is 0 Å². The zero-order valence-corrected chi connectivity index (χ0v) is 10.3. The first-order valence-electron chi connectivity index (χ1n) is 6.40. The van der Waals surface area contributed by atoms with E-state index in [1.165, 1.54) is 19.3 Å². The Labute approximate surface area is 98.1 Å². The second-order valence-corrected chi connectivity index (χ2v) is 4.25. The predicted octanol–water partition coefficient (Wildman–Crippen LogP) is 1.06. The molecule has 1 atom stereocenters. The van der Waals surface area contributed by atoms with Gasteiger partial charge in [-0.15, -0.1) is 0 Å². The van der Waals surface area contributed by atoms with Crippen LogP contribution in [0.1, 0.15) is 39.0 Å². The van der Waals surface area contributed by atoms with E-state index in [1.54, 1.807) is 0 Å². The fraction of sp³-hybridized carbons (Fsp3) is 0.917. The minimum Gasteiger partial charge on any atom is -0.381 e. The molecule has 4 heteroatoms. The molecule has 0 aromatic carbocycles. The number of piperidine rings is 1. The molecule has 1 amide bonds. The van der Waals surface area contributed by atoms with Gasteiger partial charge in [0, 0.05) is 25.6 Å². The van der Waals surface area contributed by atoms with Crippen molar-refractivity contribution >= 4 is 5.91 Å². The molecule has 2 N–H and O–H groups in total. The monoisotopic (exact) mass is 228 g/mol. The summed E-state index contributed by atoms with van der Waals surface area (Å²) in [4.78, 5) is 11.1. The third-order valence-corrected chi connectivity index (χ3v) is 2.87. The van der Waals surface area contributed by atoms with Gasteiger partial charge in [-0.3, -0.25) is 4.79 Å². The summed E-state index contributed by atoms with van der Waals surface area (Å²) in [5, 5.41) is 6.23. The lowest BCUT2D eigenvalue weighted by atomic mass is 10.0. The SMILES string of the molecule is CCNC(=O)CCOCCC1CCCCN1. The van der Waals surface area contributed by atoms with Crippen molar-refractivity contribution in [3.63, 3.8) is 0 Å². The maximum absolute atomic E-state index is 11.1. The molecule has 1 fully saturated rings. The van der Waals surface area contributed by atoms with Crippen LogP contribution in [0.15, 0.2) is 0 Å². The van der Waals surface area contributed by atoms with Crippen LogP contribution in [0.2, 0.25) is 0 Å². The van der Waals surface area contributed by atoms with E-state index in [0.717, 1.165) is 19.6 Å². The Bertz CT molecular complexity index is 191. The van der Waals surface area contributed by atoms with E-state index in [4.69, 9.17) is 4.74 Å². The summed E-state index contributed by atoms with van der Waals surface area (Å²) >= 11 is 0. The van der Waals surface area contributed by atoms with Gasteiger partial charge in [-0.1, -0.05) is 6.42 Å². The fourth-order valence-electron chi connectivity index (χ4n) is 1.95. The number of rotatable bonds is 7. The number of hydrogen-bond acceptors (Lipinski definition) is 3. The van der Waals surface area contributed by atoms with Crippen LogP contribution in [0.25, 0.3) is 0 Å². The maximum Gasteiger partial charge on any atom is 0.222 e. The molecule has 1 aliphatic rings. The minimum absolute atomic E-state index is 0.0818. The van der Waals surface area contributed by atoms with Gasteiger partial charge in [0.25, 0.3) is 0 Å². The van der Waals surface area contributed by atoms with E-state index in [2.05, 4.69) is 10.6 Å². The normalized spacial score (nSPS) is 20.7. The van der Waals surface area contributed by atoms with Crippen molar-refractivity contribution in [3.8, 4) is 0 Å². The smallest absolute Gasteiger partial charge is 0.222 e. The van der Waals surface area contributed by atoms with E-state index >= 15 is 0 Å². The fourth-order valence-corrected chi connectivity index (χ4v) is 1.95. The molecule has 94 valence electrons. The highest BCUT2D eigenvalue weighted by atomic mass is 16.5. The van der Waals surface area contributed by atoms with Crippen LogP contribution in [0, 0.1) is 0 Å². The predicted molar refractivity (Wildman–Crippen MR) is 64.4 cm³/mol. The molecule has 0 radical (unpaired) electrons. The molecule has 0 aromatic heterocycles. The molecule has 0 aliphatic carbocycles. The van der Waals surface area contributed by atoms with Crippen molar-refractivity contribution in [2.75, 3.05) is 26.3 Å². The zero-order valence-electron chi connectivity index (χ0n) is 10.3. The van der Waals surface area contributed by atoms with Gasteiger partial charge in [-0.2, -0.15) is 0 Å². The number of nitrogens with one attached hydrogen (secondary N) is 2. The molecule has 16 heavy (non-hydrogen) atoms. The van der Waals surface area contributed by atoms with Crippen LogP contribution in [-0.4, -0.2) is 38.3 Å². The van der Waals surface area contributed by atoms with Crippen LogP contribution in [0.4, 0.5) is 0 Å². The van der Waals surface area contributed by atoms with E-state index in [9.17, 15) is 4.79 Å². The number of hydrogen-bond donors (Lipinski definition) is 2. The van der Waals surface area contributed by atoms with Crippen molar-refractivity contribution in [2.45, 2.75) is 45.1 Å². The summed E-state index contributed by atoms with van der Waals surface area (Å²) in [7, 11) is 0. The van der Waals surface area contributed by atoms with Crippen molar-refractivity contribution in [1.82, 2.24) is 10.6 Å². The Morgan fingerprint density at radius 3 is 3.00 bits per heavy atom. The summed E-state index contributed by atoms with van der Waals surface area (Å²) in [5.74, 6) is 0.0818. The first kappa shape index (κ1) is 13.5. The molecule has 0 spiro atoms. The van der Waals surface area contributed by atoms with Crippen molar-refractivity contribution in [3.05, 3.63) is 0 Å². The summed E-state index contributed by atoms with van der Waals surface area (Å²) in [6.07, 6.45) is 5.44. The van der Waals surface area contributed by atoms with E-state index in [1.807, 2.05) is 6.92 Å². The quantitative estimate of drug-likeness (QED) is 0.641. The van der Waals surface area contributed by atoms with Crippen molar-refractivity contribution in [1.29, 1.82) is 0 Å². The summed E-state index contributed by atoms with van der Waals surface area (Å²) in [6.45, 7) is 5.07. The van der Waals surface area contributed by atoms with E-state index in [0.29, 0.717) is 25.6 Å². The molecule has 0 bridgehead atoms. The lowest BCUT2D eigenvalue weighted by molar-refractivity contribution is -0.122. The second kappa shape index (κ2) is 8.53. The number of carbonyl (C=O) groups excluding carboxylic acids is 1. The van der Waals surface area contributed by atoms with Gasteiger partial charge in [-0.25, -0.2) is 0 Å². The molecule has 4 nitrogen and oxygen atoms in total. The molecule has 1 heterocycles. The first-order valence-corrected chi connectivity index (χ1v) is 6.40. The Kier molecular flexibility index (Phi) is 7.17. The van der Waals surface area contributed by atoms with Gasteiger partial charge in [0.05, 0.1) is 6.61 Å². The highest BCUT2D eigenvalue weighted by Gasteiger charge is 2.11.